The zero-order chi connectivity index (χ0) is 22.9. The number of hydrogen-bond donors (Lipinski definition) is 2. The Kier molecular flexibility index (Phi) is 6.09. The molecule has 7 nitrogen and oxygen atoms in total. The van der Waals surface area contributed by atoms with E-state index >= 15 is 0 Å². The number of hydrogen-bond acceptors (Lipinski definition) is 4. The summed E-state index contributed by atoms with van der Waals surface area (Å²) in [4.78, 5) is 50.0. The minimum absolute atomic E-state index is 0.0576. The summed E-state index contributed by atoms with van der Waals surface area (Å²) in [6.45, 7) is 3.23. The highest BCUT2D eigenvalue weighted by atomic mass is 19.2. The van der Waals surface area contributed by atoms with Crippen molar-refractivity contribution in [1.82, 2.24) is 15.5 Å². The molecule has 1 aliphatic heterocycles. The molecule has 2 aromatic rings. The molecule has 1 aliphatic rings. The third-order valence-corrected chi connectivity index (χ3v) is 4.67. The maximum atomic E-state index is 13.6. The Morgan fingerprint density at radius 1 is 0.871 bits per heavy atom. The van der Waals surface area contributed by atoms with Gasteiger partial charge in [-0.25, -0.2) is 13.2 Å². The van der Waals surface area contributed by atoms with Crippen LogP contribution in [0, 0.1) is 17.5 Å². The van der Waals surface area contributed by atoms with Gasteiger partial charge in [-0.3, -0.25) is 24.1 Å². The van der Waals surface area contributed by atoms with E-state index in [4.69, 9.17) is 0 Å². The van der Waals surface area contributed by atoms with Gasteiger partial charge >= 0.3 is 0 Å². The molecule has 1 heterocycles. The lowest BCUT2D eigenvalue weighted by atomic mass is 10.1. The molecule has 0 atom stereocenters. The largest absolute Gasteiger partial charge is 0.350 e. The number of halogens is 3. The van der Waals surface area contributed by atoms with E-state index in [9.17, 15) is 32.3 Å². The predicted molar refractivity (Wildman–Crippen MR) is 103 cm³/mol. The Bertz CT molecular complexity index is 1100. The fraction of sp³-hybridized carbons (Fsp3) is 0.238. The van der Waals surface area contributed by atoms with Crippen molar-refractivity contribution in [3.8, 4) is 0 Å². The quantitative estimate of drug-likeness (QED) is 0.415. The van der Waals surface area contributed by atoms with Crippen LogP contribution in [0.3, 0.4) is 0 Å². The number of rotatable bonds is 6. The number of benzene rings is 2. The highest BCUT2D eigenvalue weighted by Crippen LogP contribution is 2.25. The molecule has 0 fully saturated rings. The molecule has 3 rings (SSSR count). The van der Waals surface area contributed by atoms with Crippen molar-refractivity contribution in [2.24, 2.45) is 0 Å². The molecule has 0 saturated carbocycles. The van der Waals surface area contributed by atoms with E-state index < -0.39 is 46.6 Å². The number of fused-ring (bicyclic) bond motifs is 1. The zero-order valence-electron chi connectivity index (χ0n) is 16.6. The van der Waals surface area contributed by atoms with Gasteiger partial charge in [0.25, 0.3) is 23.6 Å². The average molecular weight is 433 g/mol. The number of amides is 4. The Labute approximate surface area is 175 Å². The van der Waals surface area contributed by atoms with Crippen molar-refractivity contribution in [3.05, 3.63) is 70.0 Å². The van der Waals surface area contributed by atoms with Gasteiger partial charge in [-0.2, -0.15) is 0 Å². The maximum Gasteiger partial charge on any atom is 0.261 e. The highest BCUT2D eigenvalue weighted by Gasteiger charge is 2.37. The third-order valence-electron chi connectivity index (χ3n) is 4.67. The number of carbonyl (C=O) groups excluding carboxylic acids is 4. The van der Waals surface area contributed by atoms with Gasteiger partial charge in [0, 0.05) is 24.7 Å². The predicted octanol–water partition coefficient (Wildman–Crippen LogP) is 2.27. The molecule has 0 spiro atoms. The zero-order valence-corrected chi connectivity index (χ0v) is 16.6. The van der Waals surface area contributed by atoms with Gasteiger partial charge in [0.2, 0.25) is 0 Å². The van der Waals surface area contributed by atoms with Gasteiger partial charge in [0.15, 0.2) is 17.5 Å². The molecule has 4 amide bonds. The lowest BCUT2D eigenvalue weighted by molar-refractivity contribution is 0.0608. The summed E-state index contributed by atoms with van der Waals surface area (Å²) in [5.74, 6) is -7.19. The molecule has 10 heteroatoms. The van der Waals surface area contributed by atoms with Crippen molar-refractivity contribution in [2.75, 3.05) is 13.1 Å². The summed E-state index contributed by atoms with van der Waals surface area (Å²) in [7, 11) is 0. The van der Waals surface area contributed by atoms with Crippen LogP contribution in [0.25, 0.3) is 0 Å². The summed E-state index contributed by atoms with van der Waals surface area (Å²) in [5, 5.41) is 4.78. The molecule has 0 aromatic heterocycles. The van der Waals surface area contributed by atoms with Crippen LogP contribution in [0.4, 0.5) is 13.2 Å². The third kappa shape index (κ3) is 4.14. The number of nitrogens with one attached hydrogen (secondary N) is 2. The summed E-state index contributed by atoms with van der Waals surface area (Å²) >= 11 is 0. The SMILES string of the molecule is CC(C)N1C(=O)c2ccc(C(=O)NCCNC(=O)c3ccc(F)c(F)c3F)cc2C1=O. The minimum Gasteiger partial charge on any atom is -0.350 e. The summed E-state index contributed by atoms with van der Waals surface area (Å²) < 4.78 is 39.8. The number of nitrogens with zero attached hydrogens (tertiary/aromatic N) is 1. The summed E-state index contributed by atoms with van der Waals surface area (Å²) in [6.07, 6.45) is 0. The van der Waals surface area contributed by atoms with E-state index in [1.165, 1.54) is 18.2 Å². The van der Waals surface area contributed by atoms with Gasteiger partial charge in [0.05, 0.1) is 16.7 Å². The maximum absolute atomic E-state index is 13.6. The lowest BCUT2D eigenvalue weighted by Crippen LogP contribution is -2.36. The van der Waals surface area contributed by atoms with Crippen molar-refractivity contribution < 1.29 is 32.3 Å². The van der Waals surface area contributed by atoms with E-state index in [2.05, 4.69) is 10.6 Å². The van der Waals surface area contributed by atoms with Gasteiger partial charge in [0.1, 0.15) is 0 Å². The topological polar surface area (TPSA) is 95.6 Å². The second-order valence-electron chi connectivity index (χ2n) is 7.07. The highest BCUT2D eigenvalue weighted by molar-refractivity contribution is 6.22. The first-order chi connectivity index (χ1) is 14.6. The van der Waals surface area contributed by atoms with Gasteiger partial charge in [-0.1, -0.05) is 0 Å². The van der Waals surface area contributed by atoms with Crippen molar-refractivity contribution >= 4 is 23.6 Å². The summed E-state index contributed by atoms with van der Waals surface area (Å²) in [6, 6.07) is 5.25. The van der Waals surface area contributed by atoms with Crippen LogP contribution in [0.2, 0.25) is 0 Å². The molecule has 0 saturated heterocycles. The fourth-order valence-corrected chi connectivity index (χ4v) is 3.12. The monoisotopic (exact) mass is 433 g/mol. The Balaban J connectivity index is 1.58. The van der Waals surface area contributed by atoms with E-state index in [0.29, 0.717) is 6.07 Å². The number of imide groups is 1. The van der Waals surface area contributed by atoms with Crippen LogP contribution < -0.4 is 10.6 Å². The molecular formula is C21H18F3N3O4. The minimum atomic E-state index is -1.75. The van der Waals surface area contributed by atoms with Crippen molar-refractivity contribution in [2.45, 2.75) is 19.9 Å². The second kappa shape index (κ2) is 8.58. The number of carbonyl (C=O) groups is 4. The Hall–Kier alpha value is -3.69. The van der Waals surface area contributed by atoms with Crippen LogP contribution >= 0.6 is 0 Å². The van der Waals surface area contributed by atoms with Crippen LogP contribution in [-0.4, -0.2) is 47.7 Å². The molecular weight excluding hydrogens is 415 g/mol. The summed E-state index contributed by atoms with van der Waals surface area (Å²) in [5.41, 5.74) is -0.172. The van der Waals surface area contributed by atoms with Crippen LogP contribution in [0.15, 0.2) is 30.3 Å². The lowest BCUT2D eigenvalue weighted by Gasteiger charge is -2.17. The molecule has 2 N–H and O–H groups in total. The van der Waals surface area contributed by atoms with Gasteiger partial charge in [-0.05, 0) is 44.2 Å². The van der Waals surface area contributed by atoms with E-state index in [1.807, 2.05) is 0 Å². The van der Waals surface area contributed by atoms with Crippen LogP contribution in [0.1, 0.15) is 55.3 Å². The molecule has 0 unspecified atom stereocenters. The normalized spacial score (nSPS) is 12.9. The van der Waals surface area contributed by atoms with E-state index in [1.54, 1.807) is 13.8 Å². The first-order valence-electron chi connectivity index (χ1n) is 9.35. The van der Waals surface area contributed by atoms with E-state index in [-0.39, 0.29) is 35.8 Å². The van der Waals surface area contributed by atoms with Crippen LogP contribution in [0.5, 0.6) is 0 Å². The van der Waals surface area contributed by atoms with E-state index in [0.717, 1.165) is 11.0 Å². The first kappa shape index (κ1) is 22.0. The van der Waals surface area contributed by atoms with Gasteiger partial charge in [-0.15, -0.1) is 0 Å². The molecule has 162 valence electrons. The molecule has 2 aromatic carbocycles. The van der Waals surface area contributed by atoms with Gasteiger partial charge < -0.3 is 10.6 Å². The first-order valence-corrected chi connectivity index (χ1v) is 9.35. The fourth-order valence-electron chi connectivity index (χ4n) is 3.12. The van der Waals surface area contributed by atoms with Crippen molar-refractivity contribution in [3.63, 3.8) is 0 Å². The molecule has 0 radical (unpaired) electrons. The smallest absolute Gasteiger partial charge is 0.261 e. The molecule has 0 aliphatic carbocycles. The van der Waals surface area contributed by atoms with Crippen LogP contribution in [-0.2, 0) is 0 Å². The molecule has 0 bridgehead atoms. The average Bonchev–Trinajstić information content (AvgIpc) is 2.99. The Morgan fingerprint density at radius 3 is 2.13 bits per heavy atom. The Morgan fingerprint density at radius 2 is 1.48 bits per heavy atom. The standard InChI is InChI=1S/C21H18F3N3O4/c1-10(2)27-20(30)12-4-3-11(9-14(12)21(27)31)18(28)25-7-8-26-19(29)13-5-6-15(22)17(24)16(13)23/h3-6,9-10H,7-8H2,1-2H3,(H,25,28)(H,26,29). The van der Waals surface area contributed by atoms with Crippen molar-refractivity contribution in [1.29, 1.82) is 0 Å². The molecule has 31 heavy (non-hydrogen) atoms. The second-order valence-corrected chi connectivity index (χ2v) is 7.07.